The van der Waals surface area contributed by atoms with E-state index >= 15 is 0 Å². The Balaban J connectivity index is 1.23. The first kappa shape index (κ1) is 25.4. The number of hydrogen-bond donors (Lipinski definition) is 1. The van der Waals surface area contributed by atoms with E-state index in [-0.39, 0.29) is 45.4 Å². The lowest BCUT2D eigenvalue weighted by molar-refractivity contribution is -0.122. The molecule has 0 bridgehead atoms. The number of para-hydroxylation sites is 1. The van der Waals surface area contributed by atoms with Crippen LogP contribution in [0.3, 0.4) is 0 Å². The maximum Gasteiger partial charge on any atom is 0.293 e. The number of amides is 5. The molecule has 0 spiro atoms. The number of thioether (sulfide) groups is 1. The van der Waals surface area contributed by atoms with E-state index < -0.39 is 34.7 Å². The highest BCUT2D eigenvalue weighted by Gasteiger charge is 2.38. The van der Waals surface area contributed by atoms with Crippen molar-refractivity contribution in [3.63, 3.8) is 0 Å². The Morgan fingerprint density at radius 2 is 1.63 bits per heavy atom. The third kappa shape index (κ3) is 4.71. The number of benzene rings is 3. The number of nitrogens with one attached hydrogen (secondary N) is 1. The number of nitrogens with zero attached hydrogens (tertiary/aromatic N) is 2. The van der Waals surface area contributed by atoms with E-state index in [1.165, 1.54) is 48.5 Å². The van der Waals surface area contributed by atoms with Crippen LogP contribution in [0.1, 0.15) is 36.6 Å². The molecule has 0 atom stereocenters. The third-order valence-corrected chi connectivity index (χ3v) is 7.13. The highest BCUT2D eigenvalue weighted by atomic mass is 35.5. The van der Waals surface area contributed by atoms with Gasteiger partial charge in [0.15, 0.2) is 0 Å². The number of carbonyl (C=O) groups is 5. The fourth-order valence-corrected chi connectivity index (χ4v) is 5.11. The minimum Gasteiger partial charge on any atom is -0.350 e. The van der Waals surface area contributed by atoms with Crippen LogP contribution in [0, 0.1) is 5.82 Å². The molecular formula is C27H17ClFN3O5S. The zero-order chi connectivity index (χ0) is 27.0. The maximum atomic E-state index is 13.1. The molecule has 11 heteroatoms. The number of halogens is 2. The van der Waals surface area contributed by atoms with Crippen molar-refractivity contribution in [3.05, 3.63) is 105 Å². The number of fused-ring (bicyclic) bond motifs is 1. The van der Waals surface area contributed by atoms with Crippen LogP contribution in [0.5, 0.6) is 0 Å². The minimum atomic E-state index is -0.599. The zero-order valence-electron chi connectivity index (χ0n) is 19.4. The van der Waals surface area contributed by atoms with Gasteiger partial charge in [-0.3, -0.25) is 28.9 Å². The summed E-state index contributed by atoms with van der Waals surface area (Å²) >= 11 is 6.92. The second-order valence-electron chi connectivity index (χ2n) is 8.30. The van der Waals surface area contributed by atoms with Crippen LogP contribution in [0.2, 0.25) is 5.02 Å². The van der Waals surface area contributed by atoms with Crippen molar-refractivity contribution in [2.75, 3.05) is 18.0 Å². The lowest BCUT2D eigenvalue weighted by Crippen LogP contribution is -2.37. The van der Waals surface area contributed by atoms with Gasteiger partial charge >= 0.3 is 0 Å². The van der Waals surface area contributed by atoms with E-state index in [0.717, 1.165) is 21.6 Å². The standard InChI is InChI=1S/C27H17ClFN3O5S/c28-20-3-1-2-4-21(20)32-24(34)18-10-7-16(14-19(18)25(32)35)23(33)30-11-12-31-26(36)22(38-27(31)37)13-15-5-8-17(29)9-6-15/h1-10,13-14H,11-12H2,(H,30,33)/b22-13-. The molecule has 2 aliphatic rings. The third-order valence-electron chi connectivity index (χ3n) is 5.90. The Labute approximate surface area is 225 Å². The normalized spacial score (nSPS) is 16.0. The van der Waals surface area contributed by atoms with E-state index in [0.29, 0.717) is 5.56 Å². The van der Waals surface area contributed by atoms with Gasteiger partial charge in [-0.05, 0) is 65.9 Å². The van der Waals surface area contributed by atoms with Gasteiger partial charge in [-0.1, -0.05) is 35.9 Å². The summed E-state index contributed by atoms with van der Waals surface area (Å²) < 4.78 is 13.1. The second kappa shape index (κ2) is 10.2. The molecule has 1 N–H and O–H groups in total. The van der Waals surface area contributed by atoms with E-state index in [1.54, 1.807) is 24.3 Å². The average molecular weight is 550 g/mol. The van der Waals surface area contributed by atoms with Crippen molar-refractivity contribution in [1.82, 2.24) is 10.2 Å². The molecular weight excluding hydrogens is 533 g/mol. The van der Waals surface area contributed by atoms with Gasteiger partial charge in [0.05, 0.1) is 26.7 Å². The summed E-state index contributed by atoms with van der Waals surface area (Å²) in [5, 5.41) is 2.37. The van der Waals surface area contributed by atoms with Gasteiger partial charge in [-0.15, -0.1) is 0 Å². The van der Waals surface area contributed by atoms with E-state index in [2.05, 4.69) is 5.32 Å². The predicted octanol–water partition coefficient (Wildman–Crippen LogP) is 4.75. The van der Waals surface area contributed by atoms with Gasteiger partial charge in [-0.25, -0.2) is 9.29 Å². The fraction of sp³-hybridized carbons (Fsp3) is 0.0741. The van der Waals surface area contributed by atoms with Crippen LogP contribution in [0.15, 0.2) is 71.6 Å². The second-order valence-corrected chi connectivity index (χ2v) is 9.70. The predicted molar refractivity (Wildman–Crippen MR) is 140 cm³/mol. The molecule has 0 unspecified atom stereocenters. The van der Waals surface area contributed by atoms with Gasteiger partial charge in [0, 0.05) is 18.7 Å². The molecule has 2 heterocycles. The summed E-state index contributed by atoms with van der Waals surface area (Å²) in [7, 11) is 0. The highest BCUT2D eigenvalue weighted by molar-refractivity contribution is 8.18. The summed E-state index contributed by atoms with van der Waals surface area (Å²) in [6.07, 6.45) is 1.50. The van der Waals surface area contributed by atoms with Crippen LogP contribution >= 0.6 is 23.4 Å². The molecule has 0 radical (unpaired) electrons. The number of rotatable bonds is 6. The number of imide groups is 2. The topological polar surface area (TPSA) is 104 Å². The Morgan fingerprint density at radius 1 is 0.921 bits per heavy atom. The molecule has 2 aliphatic heterocycles. The van der Waals surface area contributed by atoms with Crippen LogP contribution in [-0.4, -0.2) is 46.9 Å². The Bertz CT molecular complexity index is 1560. The van der Waals surface area contributed by atoms with E-state index in [9.17, 15) is 28.4 Å². The first-order valence-electron chi connectivity index (χ1n) is 11.3. The van der Waals surface area contributed by atoms with Gasteiger partial charge < -0.3 is 5.32 Å². The molecule has 0 aromatic heterocycles. The van der Waals surface area contributed by atoms with Gasteiger partial charge in [0.1, 0.15) is 5.82 Å². The van der Waals surface area contributed by atoms with Crippen molar-refractivity contribution in [3.8, 4) is 0 Å². The summed E-state index contributed by atoms with van der Waals surface area (Å²) in [5.74, 6) is -2.61. The summed E-state index contributed by atoms with van der Waals surface area (Å²) in [4.78, 5) is 65.7. The molecule has 0 aliphatic carbocycles. The van der Waals surface area contributed by atoms with Crippen molar-refractivity contribution in [1.29, 1.82) is 0 Å². The molecule has 5 rings (SSSR count). The SMILES string of the molecule is O=C(NCCN1C(=O)S/C(=C\c2ccc(F)cc2)C1=O)c1ccc2c(c1)C(=O)N(c1ccccc1Cl)C2=O. The van der Waals surface area contributed by atoms with Crippen molar-refractivity contribution < 1.29 is 28.4 Å². The van der Waals surface area contributed by atoms with Crippen molar-refractivity contribution >= 4 is 64.0 Å². The van der Waals surface area contributed by atoms with E-state index in [4.69, 9.17) is 11.6 Å². The van der Waals surface area contributed by atoms with Gasteiger partial charge in [0.25, 0.3) is 28.9 Å². The van der Waals surface area contributed by atoms with Crippen LogP contribution < -0.4 is 10.2 Å². The quantitative estimate of drug-likeness (QED) is 0.352. The van der Waals surface area contributed by atoms with Crippen LogP contribution in [-0.2, 0) is 4.79 Å². The lowest BCUT2D eigenvalue weighted by Gasteiger charge is -2.15. The Hall–Kier alpha value is -4.28. The molecule has 190 valence electrons. The Morgan fingerprint density at radius 3 is 2.37 bits per heavy atom. The summed E-state index contributed by atoms with van der Waals surface area (Å²) in [6, 6.07) is 16.1. The zero-order valence-corrected chi connectivity index (χ0v) is 21.0. The number of carbonyl (C=O) groups excluding carboxylic acids is 5. The molecule has 1 fully saturated rings. The van der Waals surface area contributed by atoms with Gasteiger partial charge in [-0.2, -0.15) is 0 Å². The fourth-order valence-electron chi connectivity index (χ4n) is 4.02. The molecule has 5 amide bonds. The monoisotopic (exact) mass is 549 g/mol. The first-order valence-corrected chi connectivity index (χ1v) is 12.5. The summed E-state index contributed by atoms with van der Waals surface area (Å²) in [5.41, 5.74) is 1.17. The number of hydrogen-bond acceptors (Lipinski definition) is 6. The summed E-state index contributed by atoms with van der Waals surface area (Å²) in [6.45, 7) is -0.101. The minimum absolute atomic E-state index is 0.0313. The molecule has 0 saturated carbocycles. The highest BCUT2D eigenvalue weighted by Crippen LogP contribution is 2.34. The maximum absolute atomic E-state index is 13.1. The molecule has 8 nitrogen and oxygen atoms in total. The largest absolute Gasteiger partial charge is 0.350 e. The van der Waals surface area contributed by atoms with E-state index in [1.807, 2.05) is 0 Å². The van der Waals surface area contributed by atoms with Crippen LogP contribution in [0.25, 0.3) is 6.08 Å². The molecule has 38 heavy (non-hydrogen) atoms. The molecule has 1 saturated heterocycles. The van der Waals surface area contributed by atoms with Gasteiger partial charge in [0.2, 0.25) is 0 Å². The Kier molecular flexibility index (Phi) is 6.83. The van der Waals surface area contributed by atoms with Crippen molar-refractivity contribution in [2.24, 2.45) is 0 Å². The molecule has 3 aromatic rings. The lowest BCUT2D eigenvalue weighted by atomic mass is 10.1. The number of anilines is 1. The molecule has 3 aromatic carbocycles. The first-order chi connectivity index (χ1) is 18.2. The average Bonchev–Trinajstić information content (AvgIpc) is 3.31. The smallest absolute Gasteiger partial charge is 0.293 e. The van der Waals surface area contributed by atoms with Crippen LogP contribution in [0.4, 0.5) is 14.9 Å². The van der Waals surface area contributed by atoms with Crippen molar-refractivity contribution in [2.45, 2.75) is 0 Å².